The van der Waals surface area contributed by atoms with Crippen molar-refractivity contribution in [3.8, 4) is 0 Å². The maximum absolute atomic E-state index is 11.8. The Balaban J connectivity index is 2.83. The molecule has 0 unspecified atom stereocenters. The number of hydrogen-bond donors (Lipinski definition) is 1. The van der Waals surface area contributed by atoms with E-state index in [2.05, 4.69) is 4.98 Å². The van der Waals surface area contributed by atoms with E-state index in [1.807, 2.05) is 6.92 Å². The second kappa shape index (κ2) is 3.83. The minimum atomic E-state index is -0.394. The molecule has 0 saturated carbocycles. The first-order chi connectivity index (χ1) is 7.13. The molecule has 0 spiro atoms. The number of aromatic nitrogens is 2. The Bertz CT molecular complexity index is 611. The molecule has 0 aromatic carbocycles. The molecule has 0 aliphatic heterocycles. The number of nitrogens with one attached hydrogen (secondary N) is 1. The fourth-order valence-corrected chi connectivity index (χ4v) is 2.52. The van der Waals surface area contributed by atoms with Crippen molar-refractivity contribution in [1.82, 2.24) is 9.55 Å². The van der Waals surface area contributed by atoms with Gasteiger partial charge in [-0.3, -0.25) is 14.3 Å². The number of alkyl halides is 1. The maximum Gasteiger partial charge on any atom is 0.329 e. The number of thiophene rings is 1. The van der Waals surface area contributed by atoms with E-state index in [0.717, 1.165) is 9.44 Å². The zero-order valence-corrected chi connectivity index (χ0v) is 9.61. The molecule has 1 N–H and O–H groups in total. The molecule has 0 saturated heterocycles. The van der Waals surface area contributed by atoms with E-state index in [1.54, 1.807) is 6.07 Å². The lowest BCUT2D eigenvalue weighted by Crippen LogP contribution is -2.35. The second-order valence-electron chi connectivity index (χ2n) is 3.18. The fourth-order valence-electron chi connectivity index (χ4n) is 1.46. The van der Waals surface area contributed by atoms with Crippen LogP contribution in [0.25, 0.3) is 10.2 Å². The topological polar surface area (TPSA) is 54.9 Å². The summed E-state index contributed by atoms with van der Waals surface area (Å²) in [5.41, 5.74) is -0.659. The number of fused-ring (bicyclic) bond motifs is 1. The van der Waals surface area contributed by atoms with E-state index < -0.39 is 5.69 Å². The molecule has 0 radical (unpaired) electrons. The molecular formula is C9H9ClN2O2S. The zero-order valence-electron chi connectivity index (χ0n) is 8.04. The quantitative estimate of drug-likeness (QED) is 0.810. The van der Waals surface area contributed by atoms with Crippen molar-refractivity contribution in [2.75, 3.05) is 5.88 Å². The van der Waals surface area contributed by atoms with Crippen LogP contribution in [0.15, 0.2) is 15.7 Å². The largest absolute Gasteiger partial charge is 0.329 e. The number of H-pyrrole nitrogens is 1. The van der Waals surface area contributed by atoms with Crippen molar-refractivity contribution in [3.05, 3.63) is 31.8 Å². The predicted octanol–water partition coefficient (Wildman–Crippen LogP) is 1.30. The molecule has 0 atom stereocenters. The first-order valence-corrected chi connectivity index (χ1v) is 5.78. The molecule has 6 heteroatoms. The van der Waals surface area contributed by atoms with E-state index in [0.29, 0.717) is 10.2 Å². The highest BCUT2D eigenvalue weighted by Gasteiger charge is 2.08. The summed E-state index contributed by atoms with van der Waals surface area (Å²) in [4.78, 5) is 27.7. The van der Waals surface area contributed by atoms with Crippen molar-refractivity contribution in [1.29, 1.82) is 0 Å². The van der Waals surface area contributed by atoms with Crippen LogP contribution in [0.1, 0.15) is 4.88 Å². The maximum atomic E-state index is 11.8. The normalized spacial score (nSPS) is 11.1. The Morgan fingerprint density at radius 3 is 2.93 bits per heavy atom. The summed E-state index contributed by atoms with van der Waals surface area (Å²) < 4.78 is 1.13. The van der Waals surface area contributed by atoms with Gasteiger partial charge in [-0.1, -0.05) is 0 Å². The molecule has 2 rings (SSSR count). The van der Waals surface area contributed by atoms with Crippen molar-refractivity contribution in [3.63, 3.8) is 0 Å². The number of hydrogen-bond acceptors (Lipinski definition) is 3. The average Bonchev–Trinajstić information content (AvgIpc) is 2.53. The van der Waals surface area contributed by atoms with Crippen LogP contribution in [0.4, 0.5) is 0 Å². The van der Waals surface area contributed by atoms with Crippen LogP contribution in [-0.2, 0) is 6.54 Å². The molecule has 2 heterocycles. The molecule has 0 aliphatic carbocycles. The van der Waals surface area contributed by atoms with Gasteiger partial charge in [0.25, 0.3) is 5.56 Å². The van der Waals surface area contributed by atoms with Gasteiger partial charge in [-0.15, -0.1) is 22.9 Å². The molecular weight excluding hydrogens is 236 g/mol. The predicted molar refractivity (Wildman–Crippen MR) is 62.2 cm³/mol. The van der Waals surface area contributed by atoms with E-state index >= 15 is 0 Å². The minimum Gasteiger partial charge on any atom is -0.298 e. The van der Waals surface area contributed by atoms with Crippen molar-refractivity contribution < 1.29 is 0 Å². The summed E-state index contributed by atoms with van der Waals surface area (Å²) in [6, 6.07) is 1.78. The summed E-state index contributed by atoms with van der Waals surface area (Å²) in [5, 5.41) is 0.558. The Morgan fingerprint density at radius 1 is 1.53 bits per heavy atom. The highest BCUT2D eigenvalue weighted by Crippen LogP contribution is 2.18. The third-order valence-corrected chi connectivity index (χ3v) is 3.24. The monoisotopic (exact) mass is 244 g/mol. The number of aryl methyl sites for hydroxylation is 1. The van der Waals surface area contributed by atoms with Gasteiger partial charge in [0.1, 0.15) is 4.83 Å². The molecule has 2 aromatic rings. The summed E-state index contributed by atoms with van der Waals surface area (Å²) in [5.74, 6) is 0.248. The van der Waals surface area contributed by atoms with Gasteiger partial charge in [-0.05, 0) is 13.0 Å². The van der Waals surface area contributed by atoms with Gasteiger partial charge < -0.3 is 0 Å². The Labute approximate surface area is 94.1 Å². The summed E-state index contributed by atoms with van der Waals surface area (Å²) >= 11 is 6.93. The van der Waals surface area contributed by atoms with Gasteiger partial charge >= 0.3 is 5.69 Å². The van der Waals surface area contributed by atoms with Crippen molar-refractivity contribution in [2.24, 2.45) is 0 Å². The Morgan fingerprint density at radius 2 is 2.27 bits per heavy atom. The average molecular weight is 245 g/mol. The van der Waals surface area contributed by atoms with Crippen LogP contribution in [0, 0.1) is 6.92 Å². The zero-order chi connectivity index (χ0) is 11.0. The van der Waals surface area contributed by atoms with Crippen LogP contribution < -0.4 is 11.2 Å². The first-order valence-electron chi connectivity index (χ1n) is 4.42. The van der Waals surface area contributed by atoms with Crippen LogP contribution in [0.3, 0.4) is 0 Å². The molecule has 0 bridgehead atoms. The minimum absolute atomic E-state index is 0.237. The Kier molecular flexibility index (Phi) is 2.67. The highest BCUT2D eigenvalue weighted by molar-refractivity contribution is 7.18. The molecule has 0 amide bonds. The van der Waals surface area contributed by atoms with Gasteiger partial charge in [0.05, 0.1) is 5.39 Å². The SMILES string of the molecule is Cc1cc2c(=O)n(CCCl)c(=O)[nH]c2s1. The van der Waals surface area contributed by atoms with Crippen LogP contribution in [0.5, 0.6) is 0 Å². The van der Waals surface area contributed by atoms with Crippen LogP contribution >= 0.6 is 22.9 Å². The number of nitrogens with zero attached hydrogens (tertiary/aromatic N) is 1. The summed E-state index contributed by atoms with van der Waals surface area (Å²) in [6.45, 7) is 2.13. The van der Waals surface area contributed by atoms with Crippen LogP contribution in [-0.4, -0.2) is 15.4 Å². The third kappa shape index (κ3) is 1.72. The number of aromatic amines is 1. The van der Waals surface area contributed by atoms with Crippen molar-refractivity contribution >= 4 is 33.2 Å². The lowest BCUT2D eigenvalue weighted by atomic mass is 10.4. The molecule has 4 nitrogen and oxygen atoms in total. The van der Waals surface area contributed by atoms with Gasteiger partial charge in [0, 0.05) is 17.3 Å². The summed E-state index contributed by atoms with van der Waals surface area (Å²) in [6.07, 6.45) is 0. The lowest BCUT2D eigenvalue weighted by Gasteiger charge is -2.00. The molecule has 0 aliphatic rings. The van der Waals surface area contributed by atoms with E-state index in [1.165, 1.54) is 11.3 Å². The lowest BCUT2D eigenvalue weighted by molar-refractivity contribution is 0.689. The first kappa shape index (κ1) is 10.4. The second-order valence-corrected chi connectivity index (χ2v) is 4.81. The van der Waals surface area contributed by atoms with Crippen LogP contribution in [0.2, 0.25) is 0 Å². The van der Waals surface area contributed by atoms with Crippen molar-refractivity contribution in [2.45, 2.75) is 13.5 Å². The Hall–Kier alpha value is -1.07. The van der Waals surface area contributed by atoms with E-state index in [9.17, 15) is 9.59 Å². The fraction of sp³-hybridized carbons (Fsp3) is 0.333. The smallest absolute Gasteiger partial charge is 0.298 e. The summed E-state index contributed by atoms with van der Waals surface area (Å²) in [7, 11) is 0. The van der Waals surface area contributed by atoms with Gasteiger partial charge in [-0.25, -0.2) is 4.79 Å². The van der Waals surface area contributed by atoms with Gasteiger partial charge in [0.15, 0.2) is 0 Å². The third-order valence-electron chi connectivity index (χ3n) is 2.10. The standard InChI is InChI=1S/C9H9ClN2O2S/c1-5-4-6-7(15-5)11-9(14)12(3-2-10)8(6)13/h4H,2-3H2,1H3,(H,11,14). The number of rotatable bonds is 2. The molecule has 15 heavy (non-hydrogen) atoms. The molecule has 0 fully saturated rings. The molecule has 80 valence electrons. The van der Waals surface area contributed by atoms with Gasteiger partial charge in [-0.2, -0.15) is 0 Å². The highest BCUT2D eigenvalue weighted by atomic mass is 35.5. The van der Waals surface area contributed by atoms with Gasteiger partial charge in [0.2, 0.25) is 0 Å². The number of halogens is 1. The molecule has 2 aromatic heterocycles. The van der Waals surface area contributed by atoms with E-state index in [4.69, 9.17) is 11.6 Å². The van der Waals surface area contributed by atoms with E-state index in [-0.39, 0.29) is 18.0 Å².